The first kappa shape index (κ1) is 29.2. The van der Waals surface area contributed by atoms with Gasteiger partial charge in [0.05, 0.1) is 23.8 Å². The first-order valence-electron chi connectivity index (χ1n) is 12.1. The number of rotatable bonds is 7. The monoisotopic (exact) mass is 507 g/mol. The molecular formula is C27H37N7O3. The Labute approximate surface area is 218 Å². The van der Waals surface area contributed by atoms with Crippen molar-refractivity contribution in [2.45, 2.75) is 65.8 Å². The Kier molecular flexibility index (Phi) is 10.5. The number of carbonyl (C=O) groups excluding carboxylic acids is 2. The lowest BCUT2D eigenvalue weighted by atomic mass is 9.63. The summed E-state index contributed by atoms with van der Waals surface area (Å²) >= 11 is 0. The number of hydrogen-bond donors (Lipinski definition) is 2. The summed E-state index contributed by atoms with van der Waals surface area (Å²) in [6, 6.07) is 7.93. The Morgan fingerprint density at radius 3 is 2.22 bits per heavy atom. The van der Waals surface area contributed by atoms with Gasteiger partial charge in [-0.15, -0.1) is 0 Å². The van der Waals surface area contributed by atoms with E-state index >= 15 is 0 Å². The lowest BCUT2D eigenvalue weighted by molar-refractivity contribution is -0.144. The van der Waals surface area contributed by atoms with Crippen LogP contribution in [-0.4, -0.2) is 44.1 Å². The van der Waals surface area contributed by atoms with Crippen molar-refractivity contribution >= 4 is 23.7 Å². The van der Waals surface area contributed by atoms with Crippen LogP contribution in [0.5, 0.6) is 0 Å². The normalized spacial score (nSPS) is 13.9. The van der Waals surface area contributed by atoms with E-state index in [0.29, 0.717) is 0 Å². The number of nitrogen functional groups attached to an aromatic ring is 1. The molecule has 2 heterocycles. The highest BCUT2D eigenvalue weighted by Gasteiger charge is 2.42. The van der Waals surface area contributed by atoms with Gasteiger partial charge in [-0.3, -0.25) is 14.3 Å². The van der Waals surface area contributed by atoms with Crippen molar-refractivity contribution in [2.75, 3.05) is 12.3 Å². The molecule has 37 heavy (non-hydrogen) atoms. The molecule has 10 nitrogen and oxygen atoms in total. The van der Waals surface area contributed by atoms with E-state index in [4.69, 9.17) is 16.2 Å². The second-order valence-electron chi connectivity index (χ2n) is 8.58. The summed E-state index contributed by atoms with van der Waals surface area (Å²) in [5.74, 6) is -0.418. The van der Waals surface area contributed by atoms with Crippen molar-refractivity contribution in [2.24, 2.45) is 10.7 Å². The maximum absolute atomic E-state index is 12.7. The molecule has 1 aliphatic carbocycles. The van der Waals surface area contributed by atoms with Crippen molar-refractivity contribution in [1.29, 1.82) is 0 Å². The topological polar surface area (TPSA) is 151 Å². The summed E-state index contributed by atoms with van der Waals surface area (Å²) in [4.78, 5) is 36.6. The summed E-state index contributed by atoms with van der Waals surface area (Å²) in [6.07, 6.45) is 10.0. The van der Waals surface area contributed by atoms with E-state index in [2.05, 4.69) is 33.9 Å². The van der Waals surface area contributed by atoms with E-state index in [-0.39, 0.29) is 37.9 Å². The van der Waals surface area contributed by atoms with Gasteiger partial charge in [0.1, 0.15) is 12.4 Å². The van der Waals surface area contributed by atoms with E-state index in [1.807, 2.05) is 24.3 Å². The van der Waals surface area contributed by atoms with Crippen LogP contribution in [0.1, 0.15) is 69.8 Å². The van der Waals surface area contributed by atoms with Crippen molar-refractivity contribution in [3.8, 4) is 11.1 Å². The fourth-order valence-electron chi connectivity index (χ4n) is 3.87. The molecule has 1 saturated carbocycles. The fourth-order valence-corrected chi connectivity index (χ4v) is 3.87. The first-order chi connectivity index (χ1) is 17.3. The molecule has 198 valence electrons. The van der Waals surface area contributed by atoms with Crippen LogP contribution in [0.3, 0.4) is 0 Å². The highest BCUT2D eigenvalue weighted by Crippen LogP contribution is 2.44. The third-order valence-corrected chi connectivity index (χ3v) is 5.84. The lowest BCUT2D eigenvalue weighted by Gasteiger charge is -2.41. The predicted molar refractivity (Wildman–Crippen MR) is 145 cm³/mol. The van der Waals surface area contributed by atoms with Crippen molar-refractivity contribution in [3.05, 3.63) is 60.2 Å². The third-order valence-electron chi connectivity index (χ3n) is 5.84. The zero-order valence-electron chi connectivity index (χ0n) is 21.0. The molecule has 0 atom stereocenters. The van der Waals surface area contributed by atoms with Crippen LogP contribution < -0.4 is 11.5 Å². The van der Waals surface area contributed by atoms with Crippen LogP contribution >= 0.6 is 0 Å². The predicted octanol–water partition coefficient (Wildman–Crippen LogP) is 4.16. The zero-order valence-corrected chi connectivity index (χ0v) is 21.0. The van der Waals surface area contributed by atoms with Crippen molar-refractivity contribution in [3.63, 3.8) is 0 Å². The Morgan fingerprint density at radius 1 is 1.05 bits per heavy atom. The molecule has 0 radical (unpaired) electrons. The van der Waals surface area contributed by atoms with E-state index in [1.54, 1.807) is 19.3 Å². The Morgan fingerprint density at radius 2 is 1.68 bits per heavy atom. The van der Waals surface area contributed by atoms with Gasteiger partial charge in [-0.25, -0.2) is 9.97 Å². The number of ether oxygens (including phenoxy) is 1. The van der Waals surface area contributed by atoms with Crippen LogP contribution in [0.2, 0.25) is 0 Å². The van der Waals surface area contributed by atoms with Gasteiger partial charge in [-0.05, 0) is 30.9 Å². The molecule has 10 heteroatoms. The fraction of sp³-hybridized carbons (Fsp3) is 0.407. The van der Waals surface area contributed by atoms with Gasteiger partial charge in [0.25, 0.3) is 5.91 Å². The highest BCUT2D eigenvalue weighted by molar-refractivity contribution is 6.06. The number of hydrogen-bond acceptors (Lipinski definition) is 7. The third kappa shape index (κ3) is 6.99. The summed E-state index contributed by atoms with van der Waals surface area (Å²) in [5, 5.41) is 4.03. The van der Waals surface area contributed by atoms with Crippen LogP contribution in [-0.2, 0) is 21.5 Å². The standard InChI is InChI=1S/C23H25N7O3.C3H8.CH4/c1-2-33-19(31)14-30-13-17(12-28-30)20(32)29-21(24)23(8-3-9-23)18-6-4-15(5-7-18)16-10-26-22(25)27-11-16;1-3-2;/h4-7,10-13H,2-3,8-9,14H2,1H3,(H2,24,29,32)(H2,25,26,27);3H2,1-2H3;1H4. The lowest BCUT2D eigenvalue weighted by Crippen LogP contribution is -2.47. The number of esters is 1. The molecule has 0 saturated heterocycles. The maximum atomic E-state index is 12.7. The molecule has 0 bridgehead atoms. The minimum atomic E-state index is -0.496. The molecule has 1 amide bonds. The highest BCUT2D eigenvalue weighted by atomic mass is 16.5. The molecule has 1 aliphatic rings. The Hall–Kier alpha value is -4.08. The van der Waals surface area contributed by atoms with Gasteiger partial charge in [0.2, 0.25) is 5.95 Å². The second-order valence-corrected chi connectivity index (χ2v) is 8.58. The number of amides is 1. The molecule has 0 unspecified atom stereocenters. The van der Waals surface area contributed by atoms with Crippen LogP contribution in [0.25, 0.3) is 11.1 Å². The van der Waals surface area contributed by atoms with Gasteiger partial charge in [0.15, 0.2) is 0 Å². The van der Waals surface area contributed by atoms with Gasteiger partial charge in [0, 0.05) is 24.2 Å². The summed E-state index contributed by atoms with van der Waals surface area (Å²) in [7, 11) is 0. The van der Waals surface area contributed by atoms with E-state index in [1.165, 1.54) is 23.5 Å². The van der Waals surface area contributed by atoms with Gasteiger partial charge in [-0.1, -0.05) is 58.4 Å². The quantitative estimate of drug-likeness (QED) is 0.275. The number of carbonyl (C=O) groups is 2. The zero-order chi connectivity index (χ0) is 26.1. The van der Waals surface area contributed by atoms with Crippen molar-refractivity contribution in [1.82, 2.24) is 19.7 Å². The SMILES string of the molecule is C.CCC.CCOC(=O)Cn1cc(C(=O)N=C(N)C2(c3ccc(-c4cnc(N)nc4)cc3)CCC2)cn1. The molecule has 0 aliphatic heterocycles. The number of aliphatic imine (C=N–C) groups is 1. The average Bonchev–Trinajstić information content (AvgIpc) is 3.29. The molecule has 4 rings (SSSR count). The maximum Gasteiger partial charge on any atom is 0.327 e. The molecule has 0 spiro atoms. The summed E-state index contributed by atoms with van der Waals surface area (Å²) in [5.41, 5.74) is 14.5. The van der Waals surface area contributed by atoms with E-state index < -0.39 is 17.3 Å². The van der Waals surface area contributed by atoms with Crippen LogP contribution in [0, 0.1) is 0 Å². The number of nitrogens with zero attached hydrogens (tertiary/aromatic N) is 5. The first-order valence-corrected chi connectivity index (χ1v) is 12.1. The summed E-state index contributed by atoms with van der Waals surface area (Å²) in [6.45, 7) is 6.18. The smallest absolute Gasteiger partial charge is 0.327 e. The largest absolute Gasteiger partial charge is 0.465 e. The van der Waals surface area contributed by atoms with E-state index in [0.717, 1.165) is 36.0 Å². The Balaban J connectivity index is 0.00000115. The number of anilines is 1. The van der Waals surface area contributed by atoms with Gasteiger partial charge >= 0.3 is 5.97 Å². The van der Waals surface area contributed by atoms with Crippen LogP contribution in [0.4, 0.5) is 5.95 Å². The van der Waals surface area contributed by atoms with Crippen molar-refractivity contribution < 1.29 is 14.3 Å². The average molecular weight is 508 g/mol. The Bertz CT molecular complexity index is 1200. The molecule has 2 aromatic heterocycles. The summed E-state index contributed by atoms with van der Waals surface area (Å²) < 4.78 is 6.24. The second kappa shape index (κ2) is 13.3. The van der Waals surface area contributed by atoms with Crippen LogP contribution in [0.15, 0.2) is 54.0 Å². The molecule has 1 aromatic carbocycles. The molecular weight excluding hydrogens is 470 g/mol. The minimum Gasteiger partial charge on any atom is -0.465 e. The van der Waals surface area contributed by atoms with E-state index in [9.17, 15) is 9.59 Å². The number of nitrogens with two attached hydrogens (primary N) is 2. The van der Waals surface area contributed by atoms with Gasteiger partial charge in [-0.2, -0.15) is 10.1 Å². The molecule has 3 aromatic rings. The molecule has 4 N–H and O–H groups in total. The number of aromatic nitrogens is 4. The minimum absolute atomic E-state index is 0. The molecule has 1 fully saturated rings. The number of benzene rings is 1. The van der Waals surface area contributed by atoms with Gasteiger partial charge < -0.3 is 16.2 Å². The number of amidine groups is 1.